The molecule has 4 rings (SSSR count). The van der Waals surface area contributed by atoms with E-state index >= 15 is 0 Å². The highest BCUT2D eigenvalue weighted by atomic mass is 35.5. The number of halogens is 2. The fraction of sp³-hybridized carbons (Fsp3) is 0.273. The number of carboxylic acid groups (broad SMARTS) is 1. The molecule has 8 heteroatoms. The van der Waals surface area contributed by atoms with Crippen LogP contribution in [0.5, 0.6) is 0 Å². The number of nitrogens with zero attached hydrogens (tertiary/aromatic N) is 2. The van der Waals surface area contributed by atoms with Crippen LogP contribution in [0.4, 0.5) is 5.69 Å². The number of fused-ring (bicyclic) bond motifs is 1. The highest BCUT2D eigenvalue weighted by Gasteiger charge is 2.53. The van der Waals surface area contributed by atoms with Crippen molar-refractivity contribution < 1.29 is 9.90 Å². The average Bonchev–Trinajstić information content (AvgIpc) is 3.17. The van der Waals surface area contributed by atoms with Gasteiger partial charge in [0.15, 0.2) is 5.17 Å². The number of carbonyl (C=O) groups is 1. The molecule has 2 aromatic carbocycles. The van der Waals surface area contributed by atoms with Gasteiger partial charge in [0.2, 0.25) is 0 Å². The number of carboxylic acids is 1. The highest BCUT2D eigenvalue weighted by molar-refractivity contribution is 8.18. The van der Waals surface area contributed by atoms with Crippen LogP contribution in [0, 0.1) is 5.92 Å². The van der Waals surface area contributed by atoms with Crippen LogP contribution in [0.15, 0.2) is 58.1 Å². The van der Waals surface area contributed by atoms with Crippen LogP contribution in [-0.4, -0.2) is 21.1 Å². The Morgan fingerprint density at radius 3 is 2.47 bits per heavy atom. The van der Waals surface area contributed by atoms with Gasteiger partial charge in [-0.2, -0.15) is 0 Å². The topological polar surface area (TPSA) is 78.9 Å². The molecule has 0 saturated heterocycles. The Balaban J connectivity index is 1.93. The number of benzene rings is 2. The minimum atomic E-state index is -0.937. The van der Waals surface area contributed by atoms with Crippen molar-refractivity contribution in [2.75, 3.05) is 5.73 Å². The fourth-order valence-electron chi connectivity index (χ4n) is 4.14. The van der Waals surface area contributed by atoms with Gasteiger partial charge in [-0.3, -0.25) is 0 Å². The van der Waals surface area contributed by atoms with Crippen LogP contribution in [0.3, 0.4) is 0 Å². The Labute approximate surface area is 189 Å². The Morgan fingerprint density at radius 1 is 1.23 bits per heavy atom. The van der Waals surface area contributed by atoms with Crippen LogP contribution in [0.25, 0.3) is 0 Å². The Kier molecular flexibility index (Phi) is 5.29. The number of nitrogens with two attached hydrogens (primary N) is 1. The second kappa shape index (κ2) is 7.52. The first kappa shape index (κ1) is 21.1. The van der Waals surface area contributed by atoms with E-state index in [4.69, 9.17) is 33.9 Å². The lowest BCUT2D eigenvalue weighted by molar-refractivity contribution is -0.131. The van der Waals surface area contributed by atoms with Gasteiger partial charge in [0.1, 0.15) is 10.4 Å². The number of nitrogen functional groups attached to an aromatic ring is 1. The minimum absolute atomic E-state index is 0.00346. The molecule has 0 radical (unpaired) electrons. The van der Waals surface area contributed by atoms with Crippen molar-refractivity contribution in [3.8, 4) is 0 Å². The summed E-state index contributed by atoms with van der Waals surface area (Å²) in [4.78, 5) is 19.4. The SMILES string of the molecule is CC(C)C1=C(C(=O)O)SC2=NC(C)(c3ccc(Cl)c(N)c3)C(c3ccc(Cl)cc3)N21. The molecule has 0 spiro atoms. The molecule has 3 N–H and O–H groups in total. The Hall–Kier alpha value is -2.15. The highest BCUT2D eigenvalue weighted by Crippen LogP contribution is 2.56. The summed E-state index contributed by atoms with van der Waals surface area (Å²) in [5.41, 5.74) is 8.54. The predicted octanol–water partition coefficient (Wildman–Crippen LogP) is 5.90. The van der Waals surface area contributed by atoms with Crippen molar-refractivity contribution in [1.82, 2.24) is 4.90 Å². The number of amidine groups is 1. The van der Waals surface area contributed by atoms with Gasteiger partial charge in [-0.1, -0.05) is 55.2 Å². The molecule has 2 aromatic rings. The van der Waals surface area contributed by atoms with E-state index in [9.17, 15) is 9.90 Å². The second-order valence-corrected chi connectivity index (χ2v) is 9.70. The quantitative estimate of drug-likeness (QED) is 0.553. The third-order valence-electron chi connectivity index (χ3n) is 5.52. The van der Waals surface area contributed by atoms with Gasteiger partial charge in [-0.15, -0.1) is 0 Å². The lowest BCUT2D eigenvalue weighted by Crippen LogP contribution is -2.36. The number of aliphatic imine (C=N–C) groups is 1. The minimum Gasteiger partial charge on any atom is -0.477 e. The largest absolute Gasteiger partial charge is 0.477 e. The molecular formula is C22H21Cl2N3O2S. The monoisotopic (exact) mass is 461 g/mol. The van der Waals surface area contributed by atoms with Gasteiger partial charge in [-0.05, 0) is 60.0 Å². The van der Waals surface area contributed by atoms with Crippen molar-refractivity contribution >= 4 is 51.8 Å². The number of rotatable bonds is 4. The number of allylic oxidation sites excluding steroid dienone is 1. The van der Waals surface area contributed by atoms with Crippen LogP contribution in [0.2, 0.25) is 10.0 Å². The van der Waals surface area contributed by atoms with Gasteiger partial charge >= 0.3 is 5.97 Å². The lowest BCUT2D eigenvalue weighted by Gasteiger charge is -2.37. The van der Waals surface area contributed by atoms with E-state index in [1.54, 1.807) is 6.07 Å². The molecule has 156 valence electrons. The van der Waals surface area contributed by atoms with Crippen molar-refractivity contribution in [3.05, 3.63) is 74.2 Å². The van der Waals surface area contributed by atoms with E-state index in [1.807, 2.05) is 57.2 Å². The van der Waals surface area contributed by atoms with E-state index in [0.717, 1.165) is 16.8 Å². The van der Waals surface area contributed by atoms with Crippen LogP contribution >= 0.6 is 35.0 Å². The molecule has 2 heterocycles. The fourth-order valence-corrected chi connectivity index (χ4v) is 5.63. The first-order valence-corrected chi connectivity index (χ1v) is 11.1. The van der Waals surface area contributed by atoms with E-state index in [0.29, 0.717) is 25.8 Å². The van der Waals surface area contributed by atoms with E-state index in [1.165, 1.54) is 11.8 Å². The van der Waals surface area contributed by atoms with Gasteiger partial charge in [0, 0.05) is 10.7 Å². The molecule has 5 nitrogen and oxygen atoms in total. The molecule has 0 amide bonds. The first-order chi connectivity index (χ1) is 14.1. The zero-order valence-corrected chi connectivity index (χ0v) is 19.0. The van der Waals surface area contributed by atoms with Crippen molar-refractivity contribution in [2.24, 2.45) is 10.9 Å². The van der Waals surface area contributed by atoms with Crippen molar-refractivity contribution in [2.45, 2.75) is 32.4 Å². The third-order valence-corrected chi connectivity index (χ3v) is 7.17. The molecule has 2 unspecified atom stereocenters. The van der Waals surface area contributed by atoms with Crippen LogP contribution < -0.4 is 5.73 Å². The molecule has 0 fully saturated rings. The Bertz CT molecular complexity index is 1100. The zero-order valence-electron chi connectivity index (χ0n) is 16.7. The molecule has 2 aliphatic rings. The number of aliphatic carboxylic acids is 1. The van der Waals surface area contributed by atoms with Crippen molar-refractivity contribution in [3.63, 3.8) is 0 Å². The molecular weight excluding hydrogens is 441 g/mol. The first-order valence-electron chi connectivity index (χ1n) is 9.49. The maximum absolute atomic E-state index is 11.9. The number of anilines is 1. The molecule has 0 aromatic heterocycles. The molecule has 30 heavy (non-hydrogen) atoms. The van der Waals surface area contributed by atoms with E-state index in [2.05, 4.69) is 4.90 Å². The standard InChI is InChI=1S/C22H21Cl2N3O2S/c1-11(2)17-18(20(28)29)30-21-26-22(3,13-6-9-15(24)16(25)10-13)19(27(17)21)12-4-7-14(23)8-5-12/h4-11,19H,25H2,1-3H3,(H,28,29). The Morgan fingerprint density at radius 2 is 1.90 bits per heavy atom. The summed E-state index contributed by atoms with van der Waals surface area (Å²) in [5, 5.41) is 11.6. The van der Waals surface area contributed by atoms with Crippen LogP contribution in [-0.2, 0) is 10.3 Å². The van der Waals surface area contributed by atoms with Crippen LogP contribution in [0.1, 0.15) is 37.9 Å². The van der Waals surface area contributed by atoms with E-state index < -0.39 is 11.5 Å². The number of hydrogen-bond acceptors (Lipinski definition) is 5. The summed E-state index contributed by atoms with van der Waals surface area (Å²) in [6.07, 6.45) is 0. The summed E-state index contributed by atoms with van der Waals surface area (Å²) in [7, 11) is 0. The van der Waals surface area contributed by atoms with Crippen molar-refractivity contribution in [1.29, 1.82) is 0 Å². The van der Waals surface area contributed by atoms with Gasteiger partial charge in [-0.25, -0.2) is 9.79 Å². The van der Waals surface area contributed by atoms with Gasteiger partial charge in [0.25, 0.3) is 0 Å². The lowest BCUT2D eigenvalue weighted by atomic mass is 9.81. The average molecular weight is 462 g/mol. The number of thioether (sulfide) groups is 1. The maximum atomic E-state index is 11.9. The predicted molar refractivity (Wildman–Crippen MR) is 124 cm³/mol. The number of hydrogen-bond donors (Lipinski definition) is 2. The molecule has 2 aliphatic heterocycles. The normalized spacial score (nSPS) is 23.2. The molecule has 2 atom stereocenters. The molecule has 0 aliphatic carbocycles. The summed E-state index contributed by atoms with van der Waals surface area (Å²) in [6, 6.07) is 12.9. The molecule has 0 bridgehead atoms. The van der Waals surface area contributed by atoms with E-state index in [-0.39, 0.29) is 12.0 Å². The summed E-state index contributed by atoms with van der Waals surface area (Å²) in [6.45, 7) is 6.03. The smallest absolute Gasteiger partial charge is 0.344 e. The summed E-state index contributed by atoms with van der Waals surface area (Å²) < 4.78 is 0. The van der Waals surface area contributed by atoms with Gasteiger partial charge < -0.3 is 15.7 Å². The summed E-state index contributed by atoms with van der Waals surface area (Å²) in [5.74, 6) is -0.933. The third kappa shape index (κ3) is 3.27. The maximum Gasteiger partial charge on any atom is 0.344 e. The molecule has 0 saturated carbocycles. The summed E-state index contributed by atoms with van der Waals surface area (Å²) >= 11 is 13.5. The van der Waals surface area contributed by atoms with Gasteiger partial charge in [0.05, 0.1) is 16.8 Å². The second-order valence-electron chi connectivity index (χ2n) is 7.88. The zero-order chi connectivity index (χ0) is 21.8.